The number of aryl methyl sites for hydroxylation is 2. The number of benzene rings is 2. The number of fused-ring (bicyclic) bond motifs is 3. The van der Waals surface area contributed by atoms with Gasteiger partial charge in [0.2, 0.25) is 0 Å². The third-order valence-electron chi connectivity index (χ3n) is 9.79. The van der Waals surface area contributed by atoms with Crippen LogP contribution in [0, 0.1) is 26.0 Å². The van der Waals surface area contributed by atoms with Crippen molar-refractivity contribution in [3.8, 4) is 11.1 Å². The van der Waals surface area contributed by atoms with E-state index in [9.17, 15) is 0 Å². The van der Waals surface area contributed by atoms with Gasteiger partial charge in [-0.1, -0.05) is 103 Å². The van der Waals surface area contributed by atoms with Gasteiger partial charge >= 0.3 is 79.8 Å². The van der Waals surface area contributed by atoms with Gasteiger partial charge in [0, 0.05) is 8.07 Å². The third kappa shape index (κ3) is 14.7. The average molecular weight is 803 g/mol. The fourth-order valence-corrected chi connectivity index (χ4v) is 12.8. The van der Waals surface area contributed by atoms with E-state index in [-0.39, 0.29) is 24.8 Å². The molecule has 0 amide bonds. The molecule has 0 fully saturated rings. The topological polar surface area (TPSA) is 0 Å². The number of allylic oxidation sites excluding steroid dienone is 4. The monoisotopic (exact) mass is 800 g/mol. The number of unbranched alkanes of at least 4 members (excludes halogenated alkanes) is 2. The Morgan fingerprint density at radius 2 is 1.27 bits per heavy atom. The second-order valence-electron chi connectivity index (χ2n) is 16.0. The fourth-order valence-electron chi connectivity index (χ4n) is 7.14. The van der Waals surface area contributed by atoms with E-state index < -0.39 is 16.1 Å². The van der Waals surface area contributed by atoms with Crippen LogP contribution in [-0.2, 0) is 30.7 Å². The van der Waals surface area contributed by atoms with Crippen LogP contribution in [0.4, 0.5) is 0 Å². The van der Waals surface area contributed by atoms with Crippen LogP contribution >= 0.6 is 0 Å². The number of halogens is 2. The van der Waals surface area contributed by atoms with Crippen molar-refractivity contribution in [2.24, 2.45) is 0 Å². The minimum atomic E-state index is -1.29. The summed E-state index contributed by atoms with van der Waals surface area (Å²) in [5.41, 5.74) is 13.5. The minimum absolute atomic E-state index is 0. The Morgan fingerprint density at radius 3 is 1.69 bits per heavy atom. The average Bonchev–Trinajstić information content (AvgIpc) is 3.67. The summed E-state index contributed by atoms with van der Waals surface area (Å²) in [5.74, 6) is 0. The van der Waals surface area contributed by atoms with Crippen LogP contribution in [0.1, 0.15) is 143 Å². The Morgan fingerprint density at radius 1 is 0.750 bits per heavy atom. The van der Waals surface area contributed by atoms with Gasteiger partial charge < -0.3 is 24.8 Å². The molecule has 0 aliphatic heterocycles. The largest absolute Gasteiger partial charge is 1.00 e. The van der Waals surface area contributed by atoms with Gasteiger partial charge in [-0.2, -0.15) is 29.3 Å². The smallest absolute Gasteiger partial charge is 0.109 e. The Labute approximate surface area is 328 Å². The van der Waals surface area contributed by atoms with Crippen molar-refractivity contribution in [1.82, 2.24) is 0 Å². The maximum atomic E-state index is 3.87. The Hall–Kier alpha value is -0.313. The van der Waals surface area contributed by atoms with Gasteiger partial charge in [0.25, 0.3) is 0 Å². The van der Waals surface area contributed by atoms with Crippen molar-refractivity contribution >= 4 is 19.4 Å². The summed E-state index contributed by atoms with van der Waals surface area (Å²) in [6.45, 7) is 29.1. The number of hydrogen-bond donors (Lipinski definition) is 0. The molecule has 2 unspecified atom stereocenters. The molecule has 0 saturated heterocycles. The number of hydrogen-bond acceptors (Lipinski definition) is 0. The van der Waals surface area contributed by atoms with Crippen molar-refractivity contribution < 1.29 is 49.0 Å². The first-order valence-electron chi connectivity index (χ1n) is 18.7. The second-order valence-corrected chi connectivity index (χ2v) is 28.6. The predicted octanol–water partition coefficient (Wildman–Crippen LogP) is 7.60. The van der Waals surface area contributed by atoms with Gasteiger partial charge in [0.05, 0.1) is 8.07 Å². The standard InChI is InChI=1S/C29H45Si2.C9H18.C5H5.2ClH.Zr/c1-11-13-28(30(5,6)7)24-18-26-22(15-20(24)3)17-23-16-21(4)25(19-27(23)26)29(14-12-2)31(8,9)10;1-3-5-7-9-8-6-4-2;1-2-4-5-3-1;;;/h15,18-19,28-29H,11-14,17H2,1-10H3;3-8H2,1-2H3;1-3H,4H2;2*1H;/q-1;;-1;;;+2/p-2. The minimum Gasteiger partial charge on any atom is -1.00 e. The molecule has 0 spiro atoms. The molecule has 0 radical (unpaired) electrons. The van der Waals surface area contributed by atoms with Gasteiger partial charge in [-0.15, -0.1) is 17.5 Å². The van der Waals surface area contributed by atoms with E-state index in [2.05, 4.69) is 117 Å². The van der Waals surface area contributed by atoms with Gasteiger partial charge in [0.1, 0.15) is 0 Å². The van der Waals surface area contributed by atoms with Crippen molar-refractivity contribution in [3.63, 3.8) is 0 Å². The summed E-state index contributed by atoms with van der Waals surface area (Å²) in [6, 6.07) is 11.6. The summed E-state index contributed by atoms with van der Waals surface area (Å²) < 4.78 is 1.79. The molecule has 2 aliphatic carbocycles. The molecule has 4 rings (SSSR count). The zero-order chi connectivity index (χ0) is 34.5. The molecule has 2 aromatic carbocycles. The normalized spacial score (nSPS) is 14.0. The van der Waals surface area contributed by atoms with Crippen LogP contribution < -0.4 is 24.8 Å². The van der Waals surface area contributed by atoms with E-state index in [1.54, 1.807) is 38.6 Å². The Bertz CT molecular complexity index is 1220. The molecule has 48 heavy (non-hydrogen) atoms. The van der Waals surface area contributed by atoms with Crippen LogP contribution in [0.2, 0.25) is 39.3 Å². The van der Waals surface area contributed by atoms with Crippen molar-refractivity contribution in [1.29, 1.82) is 0 Å². The molecule has 2 atom stereocenters. The van der Waals surface area contributed by atoms with E-state index >= 15 is 0 Å². The molecular formula is C43H68Cl2Si2Zr-2. The van der Waals surface area contributed by atoms with E-state index in [0.29, 0.717) is 0 Å². The van der Waals surface area contributed by atoms with E-state index in [1.807, 2.05) is 12.2 Å². The molecule has 0 N–H and O–H groups in total. The van der Waals surface area contributed by atoms with Crippen LogP contribution in [-0.4, -0.2) is 19.4 Å². The fraction of sp³-hybridized carbons (Fsp3) is 0.605. The zero-order valence-electron chi connectivity index (χ0n) is 32.9. The second kappa shape index (κ2) is 23.3. The first-order chi connectivity index (χ1) is 21.7. The molecule has 268 valence electrons. The zero-order valence-corrected chi connectivity index (χ0v) is 38.8. The summed E-state index contributed by atoms with van der Waals surface area (Å²) in [4.78, 5) is 0. The van der Waals surface area contributed by atoms with Crippen molar-refractivity contribution in [3.05, 3.63) is 82.0 Å². The quantitative estimate of drug-likeness (QED) is 0.117. The summed E-state index contributed by atoms with van der Waals surface area (Å²) >= 11 is 1.67. The van der Waals surface area contributed by atoms with Crippen LogP contribution in [0.15, 0.2) is 36.4 Å². The van der Waals surface area contributed by atoms with Gasteiger partial charge in [-0.3, -0.25) is 6.08 Å². The van der Waals surface area contributed by atoms with Crippen LogP contribution in [0.25, 0.3) is 11.1 Å². The van der Waals surface area contributed by atoms with E-state index in [1.165, 1.54) is 97.6 Å². The molecule has 5 heteroatoms. The van der Waals surface area contributed by atoms with Crippen molar-refractivity contribution in [2.45, 2.75) is 169 Å². The van der Waals surface area contributed by atoms with Gasteiger partial charge in [0.15, 0.2) is 0 Å². The molecule has 0 bridgehead atoms. The summed E-state index contributed by atoms with van der Waals surface area (Å²) in [5, 5.41) is 0. The van der Waals surface area contributed by atoms with Gasteiger partial charge in [-0.25, -0.2) is 12.2 Å². The summed E-state index contributed by atoms with van der Waals surface area (Å²) in [6.07, 6.45) is 24.5. The first kappa shape index (κ1) is 47.7. The predicted molar refractivity (Wildman–Crippen MR) is 211 cm³/mol. The molecule has 2 aromatic rings. The maximum Gasteiger partial charge on any atom is -0.109 e. The molecule has 0 saturated carbocycles. The Balaban J connectivity index is 0.00000108. The first-order valence-corrected chi connectivity index (χ1v) is 27.0. The van der Waals surface area contributed by atoms with E-state index in [0.717, 1.165) is 23.9 Å². The Kier molecular flexibility index (Phi) is 23.1. The molecule has 0 heterocycles. The molecule has 0 aromatic heterocycles. The molecule has 2 aliphatic rings. The van der Waals surface area contributed by atoms with E-state index in [4.69, 9.17) is 0 Å². The summed E-state index contributed by atoms with van der Waals surface area (Å²) in [7, 11) is -2.57. The number of rotatable bonds is 14. The van der Waals surface area contributed by atoms with Crippen LogP contribution in [0.3, 0.4) is 0 Å². The third-order valence-corrected chi connectivity index (χ3v) is 16.4. The SMILES string of the molecule is CCCC(c1cc2c([c-]c1C)Cc1cc(C)c(C(CCC)[Si](C)(C)C)cc1-2)[Si](C)(C)C.CCCC[C](=[Zr+2])CCCC.[C-]1=CC=CC1.[Cl-].[Cl-]. The molecular weight excluding hydrogens is 735 g/mol. The van der Waals surface area contributed by atoms with Crippen LogP contribution in [0.5, 0.6) is 0 Å². The van der Waals surface area contributed by atoms with Gasteiger partial charge in [-0.05, 0) is 42.0 Å². The molecule has 0 nitrogen and oxygen atoms in total. The maximum absolute atomic E-state index is 3.87. The van der Waals surface area contributed by atoms with Crippen molar-refractivity contribution in [2.75, 3.05) is 0 Å².